The van der Waals surface area contributed by atoms with Crippen molar-refractivity contribution in [3.63, 3.8) is 0 Å². The van der Waals surface area contributed by atoms with Gasteiger partial charge < -0.3 is 5.32 Å². The summed E-state index contributed by atoms with van der Waals surface area (Å²) in [6.45, 7) is 1.48. The molecule has 0 aliphatic rings. The summed E-state index contributed by atoms with van der Waals surface area (Å²) in [6.07, 6.45) is 1.66. The van der Waals surface area contributed by atoms with E-state index < -0.39 is 0 Å². The number of aromatic nitrogens is 1. The molecule has 0 fully saturated rings. The number of rotatable bonds is 2. The first-order chi connectivity index (χ1) is 7.25. The maximum absolute atomic E-state index is 10.8. The molecule has 2 aromatic rings. The van der Waals surface area contributed by atoms with Crippen LogP contribution in [0.2, 0.25) is 0 Å². The Kier molecular flexibility index (Phi) is 2.78. The Hall–Kier alpha value is -1.68. The minimum atomic E-state index is -0.0827. The zero-order chi connectivity index (χ0) is 10.7. The van der Waals surface area contributed by atoms with E-state index in [9.17, 15) is 4.79 Å². The fraction of sp³-hybridized carbons (Fsp3) is 0.0909. The van der Waals surface area contributed by atoms with E-state index in [1.807, 2.05) is 29.6 Å². The highest BCUT2D eigenvalue weighted by atomic mass is 32.1. The number of hydrogen-bond acceptors (Lipinski definition) is 3. The number of nitrogens with one attached hydrogen (secondary N) is 1. The quantitative estimate of drug-likeness (QED) is 0.842. The van der Waals surface area contributed by atoms with Crippen molar-refractivity contribution in [1.29, 1.82) is 0 Å². The van der Waals surface area contributed by atoms with Crippen LogP contribution in [0.25, 0.3) is 10.6 Å². The highest BCUT2D eigenvalue weighted by Gasteiger charge is 2.00. The van der Waals surface area contributed by atoms with Gasteiger partial charge in [0.2, 0.25) is 5.91 Å². The first-order valence-electron chi connectivity index (χ1n) is 4.53. The van der Waals surface area contributed by atoms with Crippen LogP contribution in [0.4, 0.5) is 5.69 Å². The molecule has 0 saturated carbocycles. The lowest BCUT2D eigenvalue weighted by molar-refractivity contribution is -0.114. The van der Waals surface area contributed by atoms with Gasteiger partial charge in [0.25, 0.3) is 0 Å². The predicted molar refractivity (Wildman–Crippen MR) is 61.9 cm³/mol. The number of anilines is 1. The minimum absolute atomic E-state index is 0.0827. The lowest BCUT2D eigenvalue weighted by Crippen LogP contribution is -2.05. The van der Waals surface area contributed by atoms with E-state index in [1.165, 1.54) is 6.92 Å². The number of hydrogen-bond donors (Lipinski definition) is 1. The van der Waals surface area contributed by atoms with Crippen LogP contribution in [0.1, 0.15) is 6.92 Å². The highest BCUT2D eigenvalue weighted by molar-refractivity contribution is 7.13. The summed E-state index contributed by atoms with van der Waals surface area (Å²) in [5.41, 5.74) is 1.65. The summed E-state index contributed by atoms with van der Waals surface area (Å²) < 4.78 is 0. The molecule has 0 saturated heterocycles. The topological polar surface area (TPSA) is 42.0 Å². The third kappa shape index (κ3) is 2.41. The van der Waals surface area contributed by atoms with Crippen molar-refractivity contribution in [2.24, 2.45) is 0 Å². The Balaban J connectivity index is 2.21. The Morgan fingerprint density at radius 3 is 2.80 bits per heavy atom. The standard InChI is InChI=1S/C11H10N2OS/c1-8(14)13-9-4-5-10(12-7-9)11-3-2-6-15-11/h2-7H,1H3,(H,13,14). The molecule has 76 valence electrons. The van der Waals surface area contributed by atoms with Gasteiger partial charge in [-0.05, 0) is 23.6 Å². The van der Waals surface area contributed by atoms with Gasteiger partial charge >= 0.3 is 0 Å². The average molecular weight is 218 g/mol. The van der Waals surface area contributed by atoms with Crippen LogP contribution in [0.5, 0.6) is 0 Å². The van der Waals surface area contributed by atoms with E-state index in [1.54, 1.807) is 17.5 Å². The zero-order valence-electron chi connectivity index (χ0n) is 8.23. The van der Waals surface area contributed by atoms with Gasteiger partial charge in [-0.1, -0.05) is 6.07 Å². The molecule has 0 radical (unpaired) electrons. The van der Waals surface area contributed by atoms with Gasteiger partial charge in [0.1, 0.15) is 0 Å². The maximum atomic E-state index is 10.8. The molecule has 0 aliphatic heterocycles. The zero-order valence-corrected chi connectivity index (χ0v) is 9.04. The van der Waals surface area contributed by atoms with Crippen molar-refractivity contribution in [2.45, 2.75) is 6.92 Å². The summed E-state index contributed by atoms with van der Waals surface area (Å²) in [4.78, 5) is 16.2. The summed E-state index contributed by atoms with van der Waals surface area (Å²) >= 11 is 1.65. The molecule has 0 aromatic carbocycles. The molecule has 1 amide bonds. The molecular formula is C11H10N2OS. The van der Waals surface area contributed by atoms with Crippen LogP contribution in [0.15, 0.2) is 35.8 Å². The molecule has 2 aromatic heterocycles. The molecule has 2 heterocycles. The van der Waals surface area contributed by atoms with Gasteiger partial charge in [-0.2, -0.15) is 0 Å². The van der Waals surface area contributed by atoms with Crippen molar-refractivity contribution in [3.05, 3.63) is 35.8 Å². The maximum Gasteiger partial charge on any atom is 0.221 e. The van der Waals surface area contributed by atoms with Crippen LogP contribution in [0.3, 0.4) is 0 Å². The van der Waals surface area contributed by atoms with Gasteiger partial charge in [0.05, 0.1) is 22.5 Å². The number of nitrogens with zero attached hydrogens (tertiary/aromatic N) is 1. The Morgan fingerprint density at radius 2 is 2.27 bits per heavy atom. The van der Waals surface area contributed by atoms with Crippen LogP contribution in [0, 0.1) is 0 Å². The van der Waals surface area contributed by atoms with E-state index in [0.29, 0.717) is 0 Å². The number of carbonyl (C=O) groups excluding carboxylic acids is 1. The molecule has 0 atom stereocenters. The number of pyridine rings is 1. The molecule has 2 rings (SSSR count). The Bertz CT molecular complexity index is 448. The second-order valence-electron chi connectivity index (χ2n) is 3.09. The second-order valence-corrected chi connectivity index (χ2v) is 4.04. The first kappa shape index (κ1) is 9.86. The summed E-state index contributed by atoms with van der Waals surface area (Å²) in [6, 6.07) is 7.76. The molecular weight excluding hydrogens is 208 g/mol. The molecule has 15 heavy (non-hydrogen) atoms. The van der Waals surface area contributed by atoms with Crippen LogP contribution in [-0.4, -0.2) is 10.9 Å². The predicted octanol–water partition coefficient (Wildman–Crippen LogP) is 2.77. The molecule has 0 unspecified atom stereocenters. The van der Waals surface area contributed by atoms with Gasteiger partial charge in [-0.3, -0.25) is 9.78 Å². The van der Waals surface area contributed by atoms with Crippen molar-refractivity contribution in [1.82, 2.24) is 4.98 Å². The molecule has 0 spiro atoms. The van der Waals surface area contributed by atoms with Gasteiger partial charge in [-0.25, -0.2) is 0 Å². The van der Waals surface area contributed by atoms with Gasteiger partial charge in [0, 0.05) is 6.92 Å². The summed E-state index contributed by atoms with van der Waals surface area (Å²) in [5, 5.41) is 4.69. The van der Waals surface area contributed by atoms with E-state index in [4.69, 9.17) is 0 Å². The monoisotopic (exact) mass is 218 g/mol. The molecule has 0 aliphatic carbocycles. The van der Waals surface area contributed by atoms with E-state index in [2.05, 4.69) is 10.3 Å². The van der Waals surface area contributed by atoms with E-state index in [0.717, 1.165) is 16.3 Å². The van der Waals surface area contributed by atoms with Crippen molar-refractivity contribution in [2.75, 3.05) is 5.32 Å². The Morgan fingerprint density at radius 1 is 1.40 bits per heavy atom. The lowest BCUT2D eigenvalue weighted by Gasteiger charge is -2.01. The summed E-state index contributed by atoms with van der Waals surface area (Å²) in [7, 11) is 0. The third-order valence-electron chi connectivity index (χ3n) is 1.86. The highest BCUT2D eigenvalue weighted by Crippen LogP contribution is 2.23. The van der Waals surface area contributed by atoms with Gasteiger partial charge in [0.15, 0.2) is 0 Å². The number of amides is 1. The molecule has 1 N–H and O–H groups in total. The normalized spacial score (nSPS) is 9.93. The minimum Gasteiger partial charge on any atom is -0.325 e. The summed E-state index contributed by atoms with van der Waals surface area (Å²) in [5.74, 6) is -0.0827. The first-order valence-corrected chi connectivity index (χ1v) is 5.41. The largest absolute Gasteiger partial charge is 0.325 e. The smallest absolute Gasteiger partial charge is 0.221 e. The third-order valence-corrected chi connectivity index (χ3v) is 2.75. The van der Waals surface area contributed by atoms with Crippen molar-refractivity contribution in [3.8, 4) is 10.6 Å². The number of thiophene rings is 1. The van der Waals surface area contributed by atoms with Crippen LogP contribution in [-0.2, 0) is 4.79 Å². The van der Waals surface area contributed by atoms with Crippen molar-refractivity contribution < 1.29 is 4.79 Å². The van der Waals surface area contributed by atoms with Crippen LogP contribution < -0.4 is 5.32 Å². The average Bonchev–Trinajstić information content (AvgIpc) is 2.71. The van der Waals surface area contributed by atoms with Gasteiger partial charge in [-0.15, -0.1) is 11.3 Å². The molecule has 0 bridgehead atoms. The van der Waals surface area contributed by atoms with Crippen molar-refractivity contribution >= 4 is 22.9 Å². The van der Waals surface area contributed by atoms with Crippen LogP contribution >= 0.6 is 11.3 Å². The fourth-order valence-corrected chi connectivity index (χ4v) is 1.94. The fourth-order valence-electron chi connectivity index (χ4n) is 1.24. The lowest BCUT2D eigenvalue weighted by atomic mass is 10.3. The molecule has 3 nitrogen and oxygen atoms in total. The van der Waals surface area contributed by atoms with E-state index >= 15 is 0 Å². The van der Waals surface area contributed by atoms with E-state index in [-0.39, 0.29) is 5.91 Å². The second kappa shape index (κ2) is 4.23. The number of carbonyl (C=O) groups is 1. The SMILES string of the molecule is CC(=O)Nc1ccc(-c2cccs2)nc1. The Labute approximate surface area is 91.8 Å². The molecule has 4 heteroatoms.